The van der Waals surface area contributed by atoms with Crippen molar-refractivity contribution < 1.29 is 18.3 Å². The van der Waals surface area contributed by atoms with Gasteiger partial charge in [0.05, 0.1) is 6.04 Å². The van der Waals surface area contributed by atoms with E-state index in [0.29, 0.717) is 11.4 Å². The van der Waals surface area contributed by atoms with E-state index in [1.807, 2.05) is 0 Å². The van der Waals surface area contributed by atoms with Gasteiger partial charge >= 0.3 is 0 Å². The highest BCUT2D eigenvalue weighted by molar-refractivity contribution is 7.99. The third-order valence-corrected chi connectivity index (χ3v) is 3.79. The Bertz CT molecular complexity index is 485. The minimum Gasteiger partial charge on any atom is -0.487 e. The number of benzene rings is 1. The summed E-state index contributed by atoms with van der Waals surface area (Å²) in [6, 6.07) is 4.81. The second kappa shape index (κ2) is 8.41. The Morgan fingerprint density at radius 3 is 2.95 bits per heavy atom. The van der Waals surface area contributed by atoms with E-state index in [0.717, 1.165) is 17.2 Å². The number of hydrogen-bond donors (Lipinski definition) is 2. The molecule has 0 bridgehead atoms. The first-order chi connectivity index (χ1) is 9.56. The normalized spacial score (nSPS) is 17.4. The summed E-state index contributed by atoms with van der Waals surface area (Å²) in [5, 5.41) is 5.82. The molecule has 1 saturated heterocycles. The van der Waals surface area contributed by atoms with E-state index in [4.69, 9.17) is 4.74 Å². The predicted molar refractivity (Wildman–Crippen MR) is 82.8 cm³/mol. The van der Waals surface area contributed by atoms with Gasteiger partial charge in [-0.15, -0.1) is 24.2 Å². The number of alkyl halides is 2. The van der Waals surface area contributed by atoms with Crippen LogP contribution < -0.4 is 15.4 Å². The highest BCUT2D eigenvalue weighted by atomic mass is 35.5. The molecule has 0 saturated carbocycles. The molecule has 1 aromatic rings. The van der Waals surface area contributed by atoms with E-state index in [9.17, 15) is 13.6 Å². The smallest absolute Gasteiger partial charge is 0.272 e. The minimum atomic E-state index is -2.52. The molecule has 1 aliphatic rings. The van der Waals surface area contributed by atoms with Gasteiger partial charge in [0, 0.05) is 23.4 Å². The number of aryl methyl sites for hydroxylation is 1. The van der Waals surface area contributed by atoms with Crippen molar-refractivity contribution in [2.24, 2.45) is 0 Å². The average Bonchev–Trinajstić information content (AvgIpc) is 2.93. The van der Waals surface area contributed by atoms with Crippen LogP contribution in [0.15, 0.2) is 18.2 Å². The summed E-state index contributed by atoms with van der Waals surface area (Å²) >= 11 is 1.66. The summed E-state index contributed by atoms with van der Waals surface area (Å²) < 4.78 is 29.3. The summed E-state index contributed by atoms with van der Waals surface area (Å²) in [7, 11) is 0. The first-order valence-corrected chi connectivity index (χ1v) is 7.35. The second-order valence-corrected chi connectivity index (χ2v) is 5.47. The lowest BCUT2D eigenvalue weighted by atomic mass is 10.2. The Hall–Kier alpha value is -1.05. The molecule has 1 unspecified atom stereocenters. The largest absolute Gasteiger partial charge is 0.487 e. The van der Waals surface area contributed by atoms with Gasteiger partial charge in [0.15, 0.2) is 0 Å². The van der Waals surface area contributed by atoms with Crippen LogP contribution in [-0.4, -0.2) is 36.6 Å². The Morgan fingerprint density at radius 2 is 2.33 bits per heavy atom. The van der Waals surface area contributed by atoms with Crippen LogP contribution in [0.25, 0.3) is 0 Å². The summed E-state index contributed by atoms with van der Waals surface area (Å²) in [4.78, 5) is 11.9. The molecule has 2 rings (SSSR count). The average molecular weight is 339 g/mol. The quantitative estimate of drug-likeness (QED) is 0.866. The number of carbonyl (C=O) groups is 1. The standard InChI is InChI=1S/C13H16F2N2O2S.ClH/c1-8-2-3-9(4-11(8)19-5-12(14)15)17-13(18)10-6-20-7-16-10;/h2-4,10,12,16H,5-7H2,1H3,(H,17,18);1H. The van der Waals surface area contributed by atoms with Crippen LogP contribution in [0.5, 0.6) is 5.75 Å². The molecule has 4 nitrogen and oxygen atoms in total. The van der Waals surface area contributed by atoms with Gasteiger partial charge in [0.25, 0.3) is 6.43 Å². The highest BCUT2D eigenvalue weighted by Crippen LogP contribution is 2.23. The Kier molecular flexibility index (Phi) is 7.21. The molecule has 118 valence electrons. The summed E-state index contributed by atoms with van der Waals surface area (Å²) in [5.74, 6) is 1.72. The molecule has 0 aromatic heterocycles. The zero-order valence-electron chi connectivity index (χ0n) is 11.4. The van der Waals surface area contributed by atoms with Gasteiger partial charge in [-0.05, 0) is 18.6 Å². The van der Waals surface area contributed by atoms with Crippen molar-refractivity contribution in [1.82, 2.24) is 5.32 Å². The van der Waals surface area contributed by atoms with Gasteiger partial charge in [-0.3, -0.25) is 10.1 Å². The minimum absolute atomic E-state index is 0. The zero-order valence-corrected chi connectivity index (χ0v) is 13.0. The van der Waals surface area contributed by atoms with Gasteiger partial charge in [-0.25, -0.2) is 8.78 Å². The fraction of sp³-hybridized carbons (Fsp3) is 0.462. The highest BCUT2D eigenvalue weighted by Gasteiger charge is 2.22. The second-order valence-electron chi connectivity index (χ2n) is 4.44. The van der Waals surface area contributed by atoms with Crippen molar-refractivity contribution in [2.45, 2.75) is 19.4 Å². The number of halogens is 3. The lowest BCUT2D eigenvalue weighted by molar-refractivity contribution is -0.117. The molecule has 21 heavy (non-hydrogen) atoms. The first kappa shape index (κ1) is 18.0. The molecule has 1 aliphatic heterocycles. The fourth-order valence-electron chi connectivity index (χ4n) is 1.78. The van der Waals surface area contributed by atoms with Crippen molar-refractivity contribution in [3.63, 3.8) is 0 Å². The van der Waals surface area contributed by atoms with Crippen LogP contribution in [0.4, 0.5) is 14.5 Å². The maximum Gasteiger partial charge on any atom is 0.272 e. The Morgan fingerprint density at radius 1 is 1.57 bits per heavy atom. The monoisotopic (exact) mass is 338 g/mol. The molecule has 1 amide bonds. The molecule has 2 N–H and O–H groups in total. The Labute approximate surface area is 132 Å². The van der Waals surface area contributed by atoms with E-state index < -0.39 is 13.0 Å². The van der Waals surface area contributed by atoms with Crippen molar-refractivity contribution in [1.29, 1.82) is 0 Å². The van der Waals surface area contributed by atoms with E-state index in [2.05, 4.69) is 10.6 Å². The zero-order chi connectivity index (χ0) is 14.5. The van der Waals surface area contributed by atoms with Crippen molar-refractivity contribution in [3.8, 4) is 5.75 Å². The number of carbonyl (C=O) groups excluding carboxylic acids is 1. The first-order valence-electron chi connectivity index (χ1n) is 6.20. The lowest BCUT2D eigenvalue weighted by Crippen LogP contribution is -2.37. The predicted octanol–water partition coefficient (Wildman–Crippen LogP) is 2.66. The van der Waals surface area contributed by atoms with E-state index in [1.165, 1.54) is 0 Å². The molecular formula is C13H17ClF2N2O2S. The SMILES string of the molecule is Cc1ccc(NC(=O)C2CSCN2)cc1OCC(F)F.Cl. The molecule has 0 aliphatic carbocycles. The van der Waals surface area contributed by atoms with Crippen LogP contribution in [0.2, 0.25) is 0 Å². The van der Waals surface area contributed by atoms with E-state index in [1.54, 1.807) is 36.9 Å². The number of nitrogens with one attached hydrogen (secondary N) is 2. The van der Waals surface area contributed by atoms with Gasteiger partial charge in [-0.1, -0.05) is 6.07 Å². The van der Waals surface area contributed by atoms with Gasteiger partial charge < -0.3 is 10.1 Å². The number of anilines is 1. The number of amides is 1. The van der Waals surface area contributed by atoms with Crippen molar-refractivity contribution >= 4 is 35.8 Å². The Balaban J connectivity index is 0.00000220. The maximum absolute atomic E-state index is 12.2. The van der Waals surface area contributed by atoms with Crippen LogP contribution in [0.3, 0.4) is 0 Å². The molecule has 1 aromatic carbocycles. The third kappa shape index (κ3) is 5.33. The van der Waals surface area contributed by atoms with Crippen LogP contribution in [0, 0.1) is 6.92 Å². The van der Waals surface area contributed by atoms with Crippen LogP contribution >= 0.6 is 24.2 Å². The van der Waals surface area contributed by atoms with Crippen molar-refractivity contribution in [2.75, 3.05) is 23.6 Å². The molecular weight excluding hydrogens is 322 g/mol. The molecule has 1 heterocycles. The molecule has 0 spiro atoms. The summed E-state index contributed by atoms with van der Waals surface area (Å²) in [6.45, 7) is 1.11. The van der Waals surface area contributed by atoms with Gasteiger partial charge in [-0.2, -0.15) is 0 Å². The van der Waals surface area contributed by atoms with E-state index in [-0.39, 0.29) is 24.4 Å². The summed E-state index contributed by atoms with van der Waals surface area (Å²) in [5.41, 5.74) is 1.29. The number of rotatable bonds is 5. The number of ether oxygens (including phenoxy) is 1. The maximum atomic E-state index is 12.2. The number of thioether (sulfide) groups is 1. The van der Waals surface area contributed by atoms with E-state index >= 15 is 0 Å². The van der Waals surface area contributed by atoms with Gasteiger partial charge in [0.1, 0.15) is 12.4 Å². The molecule has 8 heteroatoms. The summed E-state index contributed by atoms with van der Waals surface area (Å²) in [6.07, 6.45) is -2.52. The van der Waals surface area contributed by atoms with Crippen molar-refractivity contribution in [3.05, 3.63) is 23.8 Å². The fourth-order valence-corrected chi connectivity index (χ4v) is 2.72. The van der Waals surface area contributed by atoms with Gasteiger partial charge in [0.2, 0.25) is 5.91 Å². The van der Waals surface area contributed by atoms with Crippen LogP contribution in [-0.2, 0) is 4.79 Å². The molecule has 0 radical (unpaired) electrons. The molecule has 1 atom stereocenters. The number of hydrogen-bond acceptors (Lipinski definition) is 4. The molecule has 1 fully saturated rings. The van der Waals surface area contributed by atoms with Crippen LogP contribution in [0.1, 0.15) is 5.56 Å². The third-order valence-electron chi connectivity index (χ3n) is 2.85. The topological polar surface area (TPSA) is 50.4 Å². The lowest BCUT2D eigenvalue weighted by Gasteiger charge is -2.13.